The fourth-order valence-electron chi connectivity index (χ4n) is 2.36. The number of carbonyl (C=O) groups excluding carboxylic acids is 1. The molecule has 2 aromatic carbocycles. The fraction of sp³-hybridized carbons (Fsp3) is 0.409. The lowest BCUT2D eigenvalue weighted by molar-refractivity contribution is 0.129. The maximum Gasteiger partial charge on any atom is 0.408 e. The Kier molecular flexibility index (Phi) is 7.27. The summed E-state index contributed by atoms with van der Waals surface area (Å²) in [4.78, 5) is 12.1. The second-order valence-electron chi connectivity index (χ2n) is 8.37. The van der Waals surface area contributed by atoms with Gasteiger partial charge >= 0.3 is 6.09 Å². The fourth-order valence-corrected chi connectivity index (χ4v) is 3.39. The van der Waals surface area contributed by atoms with E-state index in [1.54, 1.807) is 0 Å². The minimum absolute atomic E-state index is 0.114. The number of hydrogen-bond acceptors (Lipinski definition) is 4. The van der Waals surface area contributed by atoms with Gasteiger partial charge in [0.2, 0.25) is 8.32 Å². The van der Waals surface area contributed by atoms with E-state index >= 15 is 0 Å². The Bertz CT molecular complexity index is 754. The first kappa shape index (κ1) is 22.0. The molecule has 152 valence electrons. The zero-order chi connectivity index (χ0) is 20.8. The second kappa shape index (κ2) is 9.25. The summed E-state index contributed by atoms with van der Waals surface area (Å²) in [5, 5.41) is 12.5. The molecular formula is C22H31NO4Si. The summed E-state index contributed by atoms with van der Waals surface area (Å²) in [7, 11) is -1.91. The maximum absolute atomic E-state index is 12.1. The summed E-state index contributed by atoms with van der Waals surface area (Å²) >= 11 is 0. The lowest BCUT2D eigenvalue weighted by atomic mass is 10.1. The Morgan fingerprint density at radius 2 is 1.68 bits per heavy atom. The molecule has 0 aliphatic carbocycles. The van der Waals surface area contributed by atoms with Gasteiger partial charge in [0.1, 0.15) is 12.4 Å². The monoisotopic (exact) mass is 401 g/mol. The number of aliphatic hydroxyl groups excluding tert-OH is 1. The van der Waals surface area contributed by atoms with Crippen molar-refractivity contribution in [1.82, 2.24) is 5.32 Å². The minimum Gasteiger partial charge on any atom is -0.544 e. The number of aliphatic hydroxyl groups is 1. The highest BCUT2D eigenvalue weighted by molar-refractivity contribution is 6.74. The molecule has 0 heterocycles. The van der Waals surface area contributed by atoms with E-state index in [1.807, 2.05) is 54.6 Å². The average molecular weight is 402 g/mol. The minimum atomic E-state index is -1.91. The molecule has 0 aliphatic rings. The van der Waals surface area contributed by atoms with Crippen molar-refractivity contribution in [2.45, 2.75) is 51.6 Å². The molecule has 28 heavy (non-hydrogen) atoms. The van der Waals surface area contributed by atoms with E-state index in [1.165, 1.54) is 0 Å². The number of carbonyl (C=O) groups is 1. The van der Waals surface area contributed by atoms with Crippen LogP contribution < -0.4 is 9.74 Å². The molecule has 1 atom stereocenters. The van der Waals surface area contributed by atoms with Crippen molar-refractivity contribution in [3.8, 4) is 5.75 Å². The smallest absolute Gasteiger partial charge is 0.408 e. The van der Waals surface area contributed by atoms with Crippen molar-refractivity contribution in [2.75, 3.05) is 6.61 Å². The normalized spacial score (nSPS) is 12.9. The number of rotatable bonds is 7. The first-order valence-corrected chi connectivity index (χ1v) is 12.4. The summed E-state index contributed by atoms with van der Waals surface area (Å²) in [6.07, 6.45) is -0.565. The second-order valence-corrected chi connectivity index (χ2v) is 13.1. The van der Waals surface area contributed by atoms with Crippen LogP contribution in [0, 0.1) is 0 Å². The Labute approximate surface area is 168 Å². The van der Waals surface area contributed by atoms with E-state index in [-0.39, 0.29) is 18.3 Å². The first-order chi connectivity index (χ1) is 13.1. The van der Waals surface area contributed by atoms with E-state index in [9.17, 15) is 9.90 Å². The van der Waals surface area contributed by atoms with Crippen molar-refractivity contribution in [2.24, 2.45) is 0 Å². The third-order valence-electron chi connectivity index (χ3n) is 5.15. The van der Waals surface area contributed by atoms with Crippen molar-refractivity contribution >= 4 is 14.4 Å². The van der Waals surface area contributed by atoms with Gasteiger partial charge in [-0.25, -0.2) is 4.79 Å². The molecule has 0 aromatic heterocycles. The van der Waals surface area contributed by atoms with Crippen molar-refractivity contribution in [1.29, 1.82) is 0 Å². The maximum atomic E-state index is 12.1. The molecule has 0 radical (unpaired) electrons. The molecule has 5 nitrogen and oxygen atoms in total. The van der Waals surface area contributed by atoms with Crippen LogP contribution in [0.2, 0.25) is 18.1 Å². The predicted molar refractivity (Wildman–Crippen MR) is 114 cm³/mol. The van der Waals surface area contributed by atoms with Crippen LogP contribution in [0.5, 0.6) is 5.75 Å². The number of nitrogens with one attached hydrogen (secondary N) is 1. The SMILES string of the molecule is CC(C)(C)[Si](C)(C)Oc1ccc([C@H](CO)NC(=O)OCc2ccccc2)cc1. The molecule has 2 rings (SSSR count). The van der Waals surface area contributed by atoms with Gasteiger partial charge in [-0.1, -0.05) is 63.2 Å². The van der Waals surface area contributed by atoms with Gasteiger partial charge in [-0.2, -0.15) is 0 Å². The zero-order valence-electron chi connectivity index (χ0n) is 17.4. The number of benzene rings is 2. The van der Waals surface area contributed by atoms with E-state index < -0.39 is 20.5 Å². The predicted octanol–water partition coefficient (Wildman–Crippen LogP) is 5.03. The Balaban J connectivity index is 1.95. The molecule has 0 unspecified atom stereocenters. The van der Waals surface area contributed by atoms with Crippen molar-refractivity contribution in [3.05, 3.63) is 65.7 Å². The average Bonchev–Trinajstić information content (AvgIpc) is 2.65. The van der Waals surface area contributed by atoms with Crippen LogP contribution in [0.1, 0.15) is 37.9 Å². The van der Waals surface area contributed by atoms with Gasteiger partial charge in [0.05, 0.1) is 12.6 Å². The Morgan fingerprint density at radius 3 is 2.21 bits per heavy atom. The van der Waals surface area contributed by atoms with Crippen LogP contribution in [0.15, 0.2) is 54.6 Å². The highest BCUT2D eigenvalue weighted by atomic mass is 28.4. The van der Waals surface area contributed by atoms with E-state index in [4.69, 9.17) is 9.16 Å². The zero-order valence-corrected chi connectivity index (χ0v) is 18.4. The standard InChI is InChI=1S/C22H31NO4Si/c1-22(2,3)28(4,5)27-19-13-11-18(12-14-19)20(15-24)23-21(25)26-16-17-9-7-6-8-10-17/h6-14,20,24H,15-16H2,1-5H3,(H,23,25)/t20-/m0/s1. The van der Waals surface area contributed by atoms with E-state index in [2.05, 4.69) is 39.2 Å². The molecule has 0 fully saturated rings. The van der Waals surface area contributed by atoms with Crippen molar-refractivity contribution < 1.29 is 19.1 Å². The number of ether oxygens (including phenoxy) is 1. The summed E-state index contributed by atoms with van der Waals surface area (Å²) in [5.74, 6) is 0.804. The Morgan fingerprint density at radius 1 is 1.07 bits per heavy atom. The topological polar surface area (TPSA) is 67.8 Å². The Hall–Kier alpha value is -2.31. The lowest BCUT2D eigenvalue weighted by Crippen LogP contribution is -2.43. The van der Waals surface area contributed by atoms with E-state index in [0.717, 1.165) is 16.9 Å². The molecular weight excluding hydrogens is 370 g/mol. The molecule has 1 amide bonds. The van der Waals surface area contributed by atoms with Gasteiger partial charge in [-0.15, -0.1) is 0 Å². The van der Waals surface area contributed by atoms with Crippen LogP contribution in [0.4, 0.5) is 4.79 Å². The molecule has 0 aliphatic heterocycles. The third-order valence-corrected chi connectivity index (χ3v) is 9.51. The highest BCUT2D eigenvalue weighted by Crippen LogP contribution is 2.37. The van der Waals surface area contributed by atoms with Crippen LogP contribution in [0.3, 0.4) is 0 Å². The molecule has 2 N–H and O–H groups in total. The van der Waals surface area contributed by atoms with Gasteiger partial charge in [0.15, 0.2) is 0 Å². The van der Waals surface area contributed by atoms with Crippen molar-refractivity contribution in [3.63, 3.8) is 0 Å². The quantitative estimate of drug-likeness (QED) is 0.639. The summed E-state index contributed by atoms with van der Waals surface area (Å²) < 4.78 is 11.5. The first-order valence-electron chi connectivity index (χ1n) is 9.49. The van der Waals surface area contributed by atoms with Crippen LogP contribution in [-0.4, -0.2) is 26.1 Å². The van der Waals surface area contributed by atoms with Gasteiger partial charge in [0.25, 0.3) is 0 Å². The summed E-state index contributed by atoms with van der Waals surface area (Å²) in [5.41, 5.74) is 1.70. The van der Waals surface area contributed by atoms with E-state index in [0.29, 0.717) is 0 Å². The number of alkyl carbamates (subject to hydrolysis) is 1. The molecule has 0 saturated carbocycles. The number of hydrogen-bond donors (Lipinski definition) is 2. The number of amides is 1. The van der Waals surface area contributed by atoms with Gasteiger partial charge in [0, 0.05) is 0 Å². The highest BCUT2D eigenvalue weighted by Gasteiger charge is 2.38. The molecule has 0 bridgehead atoms. The van der Waals surface area contributed by atoms with Gasteiger partial charge < -0.3 is 19.6 Å². The molecule has 2 aromatic rings. The summed E-state index contributed by atoms with van der Waals surface area (Å²) in [6, 6.07) is 16.4. The van der Waals surface area contributed by atoms with Gasteiger partial charge in [-0.05, 0) is 41.4 Å². The molecule has 0 spiro atoms. The van der Waals surface area contributed by atoms with Crippen LogP contribution in [-0.2, 0) is 11.3 Å². The molecule has 6 heteroatoms. The summed E-state index contributed by atoms with van der Waals surface area (Å²) in [6.45, 7) is 10.9. The van der Waals surface area contributed by atoms with Crippen LogP contribution in [0.25, 0.3) is 0 Å². The van der Waals surface area contributed by atoms with Crippen LogP contribution >= 0.6 is 0 Å². The molecule has 0 saturated heterocycles. The lowest BCUT2D eigenvalue weighted by Gasteiger charge is -2.36. The largest absolute Gasteiger partial charge is 0.544 e. The van der Waals surface area contributed by atoms with Gasteiger partial charge in [-0.3, -0.25) is 0 Å². The third kappa shape index (κ3) is 6.11.